The van der Waals surface area contributed by atoms with Crippen LogP contribution in [0.3, 0.4) is 0 Å². The maximum Gasteiger partial charge on any atom is 0.244 e. The summed E-state index contributed by atoms with van der Waals surface area (Å²) in [4.78, 5) is 0.00833. The van der Waals surface area contributed by atoms with Crippen molar-refractivity contribution in [1.29, 1.82) is 0 Å². The quantitative estimate of drug-likeness (QED) is 0.755. The van der Waals surface area contributed by atoms with Crippen LogP contribution in [0.15, 0.2) is 27.6 Å². The third-order valence-corrected chi connectivity index (χ3v) is 4.22. The number of halogens is 1. The SMILES string of the molecule is COCC(O)CNS(=O)(=O)c1cc(Br)ccc1OC. The lowest BCUT2D eigenvalue weighted by Gasteiger charge is -2.13. The normalized spacial score (nSPS) is 13.3. The minimum absolute atomic E-state index is 0.00833. The molecule has 1 aromatic carbocycles. The molecule has 0 saturated heterocycles. The van der Waals surface area contributed by atoms with Crippen molar-refractivity contribution in [3.63, 3.8) is 0 Å². The summed E-state index contributed by atoms with van der Waals surface area (Å²) < 4.78 is 36.9. The summed E-state index contributed by atoms with van der Waals surface area (Å²) in [5.74, 6) is 0.233. The summed E-state index contributed by atoms with van der Waals surface area (Å²) in [5, 5.41) is 9.45. The van der Waals surface area contributed by atoms with Gasteiger partial charge in [-0.25, -0.2) is 13.1 Å². The van der Waals surface area contributed by atoms with Crippen LogP contribution in [0, 0.1) is 0 Å². The summed E-state index contributed by atoms with van der Waals surface area (Å²) in [6.07, 6.45) is -0.905. The highest BCUT2D eigenvalue weighted by molar-refractivity contribution is 9.10. The van der Waals surface area contributed by atoms with Gasteiger partial charge in [-0.2, -0.15) is 0 Å². The molecular weight excluding hydrogens is 338 g/mol. The van der Waals surface area contributed by atoms with Crippen LogP contribution in [-0.4, -0.2) is 47.0 Å². The van der Waals surface area contributed by atoms with Crippen LogP contribution in [0.25, 0.3) is 0 Å². The molecule has 0 aliphatic carbocycles. The summed E-state index contributed by atoms with van der Waals surface area (Å²) >= 11 is 3.21. The van der Waals surface area contributed by atoms with Crippen LogP contribution in [-0.2, 0) is 14.8 Å². The Balaban J connectivity index is 2.91. The predicted molar refractivity (Wildman–Crippen MR) is 73.8 cm³/mol. The second kappa shape index (κ2) is 7.20. The Morgan fingerprint density at radius 2 is 2.11 bits per heavy atom. The van der Waals surface area contributed by atoms with Gasteiger partial charge in [0, 0.05) is 18.1 Å². The minimum Gasteiger partial charge on any atom is -0.495 e. The molecule has 1 unspecified atom stereocenters. The zero-order valence-corrected chi connectivity index (χ0v) is 13.0. The first-order chi connectivity index (χ1) is 8.90. The summed E-state index contributed by atoms with van der Waals surface area (Å²) in [7, 11) is -0.943. The van der Waals surface area contributed by atoms with E-state index in [9.17, 15) is 13.5 Å². The highest BCUT2D eigenvalue weighted by Crippen LogP contribution is 2.26. The molecule has 1 aromatic rings. The zero-order valence-electron chi connectivity index (χ0n) is 10.6. The Morgan fingerprint density at radius 3 is 2.68 bits per heavy atom. The van der Waals surface area contributed by atoms with Gasteiger partial charge in [0.15, 0.2) is 0 Å². The van der Waals surface area contributed by atoms with E-state index in [4.69, 9.17) is 9.47 Å². The fourth-order valence-corrected chi connectivity index (χ4v) is 3.17. The Hall–Kier alpha value is -0.670. The summed E-state index contributed by atoms with van der Waals surface area (Å²) in [6, 6.07) is 4.66. The maximum absolute atomic E-state index is 12.1. The minimum atomic E-state index is -3.76. The van der Waals surface area contributed by atoms with Crippen molar-refractivity contribution >= 4 is 26.0 Å². The molecule has 8 heteroatoms. The number of hydrogen-bond donors (Lipinski definition) is 2. The van der Waals surface area contributed by atoms with E-state index in [0.717, 1.165) is 0 Å². The van der Waals surface area contributed by atoms with Crippen LogP contribution in [0.4, 0.5) is 0 Å². The van der Waals surface area contributed by atoms with Gasteiger partial charge >= 0.3 is 0 Å². The van der Waals surface area contributed by atoms with Crippen LogP contribution < -0.4 is 9.46 Å². The van der Waals surface area contributed by atoms with Crippen LogP contribution >= 0.6 is 15.9 Å². The molecule has 0 saturated carbocycles. The summed E-state index contributed by atoms with van der Waals surface area (Å²) in [6.45, 7) is -0.0794. The topological polar surface area (TPSA) is 84.9 Å². The van der Waals surface area contributed by atoms with Gasteiger partial charge in [0.25, 0.3) is 0 Å². The van der Waals surface area contributed by atoms with Gasteiger partial charge in [-0.15, -0.1) is 0 Å². The third kappa shape index (κ3) is 4.73. The van der Waals surface area contributed by atoms with Crippen molar-refractivity contribution in [3.8, 4) is 5.75 Å². The average molecular weight is 354 g/mol. The number of nitrogens with one attached hydrogen (secondary N) is 1. The van der Waals surface area contributed by atoms with Crippen molar-refractivity contribution in [2.75, 3.05) is 27.4 Å². The Kier molecular flexibility index (Phi) is 6.21. The molecule has 0 aromatic heterocycles. The van der Waals surface area contributed by atoms with E-state index >= 15 is 0 Å². The van der Waals surface area contributed by atoms with Crippen molar-refractivity contribution < 1.29 is 23.0 Å². The van der Waals surface area contributed by atoms with Gasteiger partial charge in [-0.3, -0.25) is 0 Å². The van der Waals surface area contributed by atoms with Crippen molar-refractivity contribution in [2.45, 2.75) is 11.0 Å². The molecule has 1 atom stereocenters. The van der Waals surface area contributed by atoms with E-state index in [1.807, 2.05) is 0 Å². The first-order valence-electron chi connectivity index (χ1n) is 5.41. The van der Waals surface area contributed by atoms with Crippen LogP contribution in [0.5, 0.6) is 5.75 Å². The second-order valence-corrected chi connectivity index (χ2v) is 6.41. The molecule has 0 fully saturated rings. The Bertz CT molecular complexity index is 520. The van der Waals surface area contributed by atoms with Gasteiger partial charge < -0.3 is 14.6 Å². The monoisotopic (exact) mass is 353 g/mol. The number of ether oxygens (including phenoxy) is 2. The standard InChI is InChI=1S/C11H16BrNO5S/c1-17-7-9(14)6-13-19(15,16)11-5-8(12)3-4-10(11)18-2/h3-5,9,13-14H,6-7H2,1-2H3. The molecule has 0 amide bonds. The lowest BCUT2D eigenvalue weighted by Crippen LogP contribution is -2.34. The van der Waals surface area contributed by atoms with E-state index in [-0.39, 0.29) is 23.8 Å². The van der Waals surface area contributed by atoms with Gasteiger partial charge in [0.05, 0.1) is 19.8 Å². The number of methoxy groups -OCH3 is 2. The zero-order chi connectivity index (χ0) is 14.5. The van der Waals surface area contributed by atoms with Crippen molar-refractivity contribution in [3.05, 3.63) is 22.7 Å². The average Bonchev–Trinajstić information content (AvgIpc) is 2.37. The Labute approximate surface area is 120 Å². The molecule has 6 nitrogen and oxygen atoms in total. The van der Waals surface area contributed by atoms with Crippen LogP contribution in [0.1, 0.15) is 0 Å². The van der Waals surface area contributed by atoms with Gasteiger partial charge in [-0.1, -0.05) is 15.9 Å². The molecule has 1 rings (SSSR count). The van der Waals surface area contributed by atoms with E-state index in [1.54, 1.807) is 12.1 Å². The third-order valence-electron chi connectivity index (χ3n) is 2.28. The fourth-order valence-electron chi connectivity index (χ4n) is 1.40. The summed E-state index contributed by atoms with van der Waals surface area (Å²) in [5.41, 5.74) is 0. The molecule has 2 N–H and O–H groups in total. The van der Waals surface area contributed by atoms with E-state index in [1.165, 1.54) is 20.3 Å². The number of sulfonamides is 1. The van der Waals surface area contributed by atoms with E-state index < -0.39 is 16.1 Å². The Morgan fingerprint density at radius 1 is 1.42 bits per heavy atom. The molecule has 0 heterocycles. The maximum atomic E-state index is 12.1. The first-order valence-corrected chi connectivity index (χ1v) is 7.68. The highest BCUT2D eigenvalue weighted by atomic mass is 79.9. The predicted octanol–water partition coefficient (Wildman–Crippen LogP) is 0.743. The first kappa shape index (κ1) is 16.4. The van der Waals surface area contributed by atoms with E-state index in [2.05, 4.69) is 20.7 Å². The fraction of sp³-hybridized carbons (Fsp3) is 0.455. The lowest BCUT2D eigenvalue weighted by atomic mass is 10.3. The van der Waals surface area contributed by atoms with Gasteiger partial charge in [0.1, 0.15) is 10.6 Å². The molecule has 108 valence electrons. The highest BCUT2D eigenvalue weighted by Gasteiger charge is 2.20. The van der Waals surface area contributed by atoms with Gasteiger partial charge in [-0.05, 0) is 18.2 Å². The lowest BCUT2D eigenvalue weighted by molar-refractivity contribution is 0.0679. The largest absolute Gasteiger partial charge is 0.495 e. The molecular formula is C11H16BrNO5S. The smallest absolute Gasteiger partial charge is 0.244 e. The van der Waals surface area contributed by atoms with Crippen LogP contribution in [0.2, 0.25) is 0 Å². The number of aliphatic hydroxyl groups is 1. The van der Waals surface area contributed by atoms with Crippen molar-refractivity contribution in [2.24, 2.45) is 0 Å². The number of benzene rings is 1. The molecule has 0 aliphatic rings. The number of rotatable bonds is 7. The molecule has 0 aliphatic heterocycles. The molecule has 0 spiro atoms. The second-order valence-electron chi connectivity index (χ2n) is 3.76. The number of aliphatic hydroxyl groups excluding tert-OH is 1. The van der Waals surface area contributed by atoms with E-state index in [0.29, 0.717) is 4.47 Å². The molecule has 0 radical (unpaired) electrons. The van der Waals surface area contributed by atoms with Gasteiger partial charge in [0.2, 0.25) is 10.0 Å². The molecule has 0 bridgehead atoms. The van der Waals surface area contributed by atoms with Crippen molar-refractivity contribution in [1.82, 2.24) is 4.72 Å². The number of hydrogen-bond acceptors (Lipinski definition) is 5. The molecule has 19 heavy (non-hydrogen) atoms.